The highest BCUT2D eigenvalue weighted by molar-refractivity contribution is 7.13. The number of rotatable bonds is 6. The lowest BCUT2D eigenvalue weighted by atomic mass is 10.2. The summed E-state index contributed by atoms with van der Waals surface area (Å²) in [5.41, 5.74) is 0.811. The number of aromatic nitrogens is 1. The zero-order valence-electron chi connectivity index (χ0n) is 8.75. The van der Waals surface area contributed by atoms with Gasteiger partial charge in [-0.25, -0.2) is 4.98 Å². The average molecular weight is 247 g/mol. The predicted molar refractivity (Wildman–Crippen MR) is 64.4 cm³/mol. The molecule has 0 aliphatic carbocycles. The van der Waals surface area contributed by atoms with Crippen molar-refractivity contribution in [3.63, 3.8) is 0 Å². The third-order valence-electron chi connectivity index (χ3n) is 1.94. The first-order valence-corrected chi connectivity index (χ1v) is 6.48. The highest BCUT2D eigenvalue weighted by atomic mass is 35.5. The molecule has 15 heavy (non-hydrogen) atoms. The Hall–Kier alpha value is -0.610. The number of alkyl halides is 1. The molecule has 0 radical (unpaired) electrons. The summed E-state index contributed by atoms with van der Waals surface area (Å²) < 4.78 is 0. The molecular weight excluding hydrogens is 232 g/mol. The van der Waals surface area contributed by atoms with E-state index >= 15 is 0 Å². The fraction of sp³-hybridized carbons (Fsp3) is 0.600. The zero-order valence-corrected chi connectivity index (χ0v) is 10.3. The third-order valence-corrected chi connectivity index (χ3v) is 3.02. The second kappa shape index (κ2) is 6.80. The number of nitrogens with zero attached hydrogens (tertiary/aromatic N) is 1. The van der Waals surface area contributed by atoms with Crippen LogP contribution in [0.2, 0.25) is 0 Å². The maximum absolute atomic E-state index is 11.4. The van der Waals surface area contributed by atoms with Gasteiger partial charge in [0.2, 0.25) is 5.91 Å². The van der Waals surface area contributed by atoms with E-state index in [2.05, 4.69) is 17.2 Å². The lowest BCUT2D eigenvalue weighted by Gasteiger charge is -2.00. The quantitative estimate of drug-likeness (QED) is 0.618. The van der Waals surface area contributed by atoms with Gasteiger partial charge in [0.15, 0.2) is 5.13 Å². The number of anilines is 1. The highest BCUT2D eigenvalue weighted by Crippen LogP contribution is 2.17. The molecule has 84 valence electrons. The van der Waals surface area contributed by atoms with Crippen LogP contribution in [-0.4, -0.2) is 10.9 Å². The standard InChI is InChI=1S/C10H15ClN2OS/c1-2-3-4-5-9(14)13-10-12-8(6-11)7-15-10/h7H,2-6H2,1H3,(H,12,13,14). The minimum Gasteiger partial charge on any atom is -0.302 e. The van der Waals surface area contributed by atoms with Crippen LogP contribution >= 0.6 is 22.9 Å². The molecule has 0 saturated heterocycles. The van der Waals surface area contributed by atoms with Gasteiger partial charge in [0.05, 0.1) is 11.6 Å². The first-order valence-electron chi connectivity index (χ1n) is 5.06. The third kappa shape index (κ3) is 4.62. The largest absolute Gasteiger partial charge is 0.302 e. The number of thiazole rings is 1. The molecule has 0 aliphatic heterocycles. The van der Waals surface area contributed by atoms with Crippen molar-refractivity contribution in [3.05, 3.63) is 11.1 Å². The molecule has 0 aliphatic rings. The Balaban J connectivity index is 2.31. The van der Waals surface area contributed by atoms with E-state index in [1.54, 1.807) is 0 Å². The monoisotopic (exact) mass is 246 g/mol. The molecule has 1 rings (SSSR count). The molecule has 0 bridgehead atoms. The minimum atomic E-state index is 0.0407. The number of nitrogens with one attached hydrogen (secondary N) is 1. The van der Waals surface area contributed by atoms with E-state index < -0.39 is 0 Å². The van der Waals surface area contributed by atoms with Crippen molar-refractivity contribution in [2.45, 2.75) is 38.5 Å². The summed E-state index contributed by atoms with van der Waals surface area (Å²) in [7, 11) is 0. The fourth-order valence-electron chi connectivity index (χ4n) is 1.14. The molecule has 5 heteroatoms. The van der Waals surface area contributed by atoms with Crippen molar-refractivity contribution in [3.8, 4) is 0 Å². The fourth-order valence-corrected chi connectivity index (χ4v) is 2.10. The number of carbonyl (C=O) groups is 1. The van der Waals surface area contributed by atoms with E-state index in [4.69, 9.17) is 11.6 Å². The molecule has 0 aromatic carbocycles. The van der Waals surface area contributed by atoms with E-state index in [-0.39, 0.29) is 5.91 Å². The summed E-state index contributed by atoms with van der Waals surface area (Å²) in [4.78, 5) is 15.6. The Labute approximate surface area is 98.9 Å². The first kappa shape index (κ1) is 12.5. The van der Waals surface area contributed by atoms with E-state index in [9.17, 15) is 4.79 Å². The van der Waals surface area contributed by atoms with Crippen molar-refractivity contribution in [2.24, 2.45) is 0 Å². The van der Waals surface area contributed by atoms with E-state index in [0.29, 0.717) is 17.4 Å². The van der Waals surface area contributed by atoms with E-state index in [1.165, 1.54) is 11.3 Å². The summed E-state index contributed by atoms with van der Waals surface area (Å²) in [6.07, 6.45) is 3.73. The van der Waals surface area contributed by atoms with Crippen LogP contribution in [0.15, 0.2) is 5.38 Å². The summed E-state index contributed by atoms with van der Waals surface area (Å²) in [6.45, 7) is 2.12. The molecule has 0 spiro atoms. The van der Waals surface area contributed by atoms with Gasteiger partial charge in [0.25, 0.3) is 0 Å². The van der Waals surface area contributed by atoms with Gasteiger partial charge in [-0.1, -0.05) is 19.8 Å². The lowest BCUT2D eigenvalue weighted by Crippen LogP contribution is -2.10. The average Bonchev–Trinajstić information content (AvgIpc) is 2.66. The van der Waals surface area contributed by atoms with Gasteiger partial charge in [-0.2, -0.15) is 0 Å². The number of carbonyl (C=O) groups excluding carboxylic acids is 1. The molecule has 0 atom stereocenters. The normalized spacial score (nSPS) is 10.3. The predicted octanol–water partition coefficient (Wildman–Crippen LogP) is 3.40. The van der Waals surface area contributed by atoms with Gasteiger partial charge in [-0.15, -0.1) is 22.9 Å². The second-order valence-corrected chi connectivity index (χ2v) is 4.41. The number of unbranched alkanes of at least 4 members (excludes halogenated alkanes) is 2. The van der Waals surface area contributed by atoms with Crippen molar-refractivity contribution < 1.29 is 4.79 Å². The molecule has 1 heterocycles. The Morgan fingerprint density at radius 1 is 1.60 bits per heavy atom. The van der Waals surface area contributed by atoms with Crippen LogP contribution in [-0.2, 0) is 10.7 Å². The van der Waals surface area contributed by atoms with Gasteiger partial charge < -0.3 is 5.32 Å². The van der Waals surface area contributed by atoms with Gasteiger partial charge in [-0.3, -0.25) is 4.79 Å². The molecule has 1 aromatic heterocycles. The van der Waals surface area contributed by atoms with Crippen LogP contribution in [0.4, 0.5) is 5.13 Å². The zero-order chi connectivity index (χ0) is 11.1. The smallest absolute Gasteiger partial charge is 0.226 e. The number of amides is 1. The lowest BCUT2D eigenvalue weighted by molar-refractivity contribution is -0.116. The topological polar surface area (TPSA) is 42.0 Å². The van der Waals surface area contributed by atoms with Crippen LogP contribution in [0.5, 0.6) is 0 Å². The molecule has 1 aromatic rings. The number of halogens is 1. The van der Waals surface area contributed by atoms with Crippen molar-refractivity contribution in [1.29, 1.82) is 0 Å². The van der Waals surface area contributed by atoms with Gasteiger partial charge in [0.1, 0.15) is 0 Å². The van der Waals surface area contributed by atoms with Crippen molar-refractivity contribution in [2.75, 3.05) is 5.32 Å². The Morgan fingerprint density at radius 2 is 2.40 bits per heavy atom. The molecule has 0 saturated carbocycles. The molecule has 0 fully saturated rings. The van der Waals surface area contributed by atoms with E-state index in [0.717, 1.165) is 25.0 Å². The molecule has 1 amide bonds. The first-order chi connectivity index (χ1) is 7.26. The van der Waals surface area contributed by atoms with Gasteiger partial charge >= 0.3 is 0 Å². The molecular formula is C10H15ClN2OS. The van der Waals surface area contributed by atoms with Crippen LogP contribution in [0.25, 0.3) is 0 Å². The molecule has 0 unspecified atom stereocenters. The summed E-state index contributed by atoms with van der Waals surface area (Å²) in [5.74, 6) is 0.432. The molecule has 1 N–H and O–H groups in total. The summed E-state index contributed by atoms with van der Waals surface area (Å²) >= 11 is 7.02. The Bertz CT molecular complexity index is 314. The van der Waals surface area contributed by atoms with Gasteiger partial charge in [0, 0.05) is 11.8 Å². The summed E-state index contributed by atoms with van der Waals surface area (Å²) in [5, 5.41) is 5.27. The minimum absolute atomic E-state index is 0.0407. The van der Waals surface area contributed by atoms with Crippen molar-refractivity contribution >= 4 is 34.0 Å². The maximum Gasteiger partial charge on any atom is 0.226 e. The van der Waals surface area contributed by atoms with Crippen LogP contribution in [0.1, 0.15) is 38.3 Å². The Kier molecular flexibility index (Phi) is 5.65. The second-order valence-electron chi connectivity index (χ2n) is 3.28. The number of hydrogen-bond donors (Lipinski definition) is 1. The summed E-state index contributed by atoms with van der Waals surface area (Å²) in [6, 6.07) is 0. The Morgan fingerprint density at radius 3 is 3.00 bits per heavy atom. The van der Waals surface area contributed by atoms with E-state index in [1.807, 2.05) is 5.38 Å². The van der Waals surface area contributed by atoms with Crippen LogP contribution in [0, 0.1) is 0 Å². The van der Waals surface area contributed by atoms with Gasteiger partial charge in [-0.05, 0) is 6.42 Å². The number of hydrogen-bond acceptors (Lipinski definition) is 3. The van der Waals surface area contributed by atoms with Crippen LogP contribution in [0.3, 0.4) is 0 Å². The SMILES string of the molecule is CCCCCC(=O)Nc1nc(CCl)cs1. The van der Waals surface area contributed by atoms with Crippen molar-refractivity contribution in [1.82, 2.24) is 4.98 Å². The highest BCUT2D eigenvalue weighted by Gasteiger charge is 2.05. The van der Waals surface area contributed by atoms with Crippen LogP contribution < -0.4 is 5.32 Å². The maximum atomic E-state index is 11.4. The molecule has 3 nitrogen and oxygen atoms in total.